The van der Waals surface area contributed by atoms with Crippen LogP contribution in [0, 0.1) is 11.3 Å². The maximum absolute atomic E-state index is 11.0. The lowest BCUT2D eigenvalue weighted by atomic mass is 10.1. The highest BCUT2D eigenvalue weighted by atomic mass is 32.2. The Labute approximate surface area is 97.0 Å². The topological polar surface area (TPSA) is 83.9 Å². The second kappa shape index (κ2) is 3.87. The maximum Gasteiger partial charge on any atom is 0.213 e. The lowest BCUT2D eigenvalue weighted by Crippen LogP contribution is -2.14. The molecule has 6 heteroatoms. The van der Waals surface area contributed by atoms with E-state index in [-0.39, 0.29) is 5.75 Å². The summed E-state index contributed by atoms with van der Waals surface area (Å²) in [6.07, 6.45) is 0. The van der Waals surface area contributed by atoms with Gasteiger partial charge in [0.2, 0.25) is 10.0 Å². The molecule has 0 aliphatic heterocycles. The number of primary sulfonamides is 1. The second-order valence-corrected chi connectivity index (χ2v) is 5.88. The largest absolute Gasteiger partial charge is 0.228 e. The second-order valence-electron chi connectivity index (χ2n) is 3.36. The van der Waals surface area contributed by atoms with Crippen LogP contribution in [-0.4, -0.2) is 8.42 Å². The molecule has 0 radical (unpaired) electrons. The fourth-order valence-electron chi connectivity index (χ4n) is 1.57. The number of fused-ring (bicyclic) bond motifs is 1. The SMILES string of the molecule is N#Cc1cccc2scc(CS(N)(=O)=O)c12. The van der Waals surface area contributed by atoms with Crippen LogP contribution >= 0.6 is 11.3 Å². The molecule has 1 aromatic heterocycles. The predicted molar refractivity (Wildman–Crippen MR) is 63.4 cm³/mol. The number of rotatable bonds is 2. The van der Waals surface area contributed by atoms with Crippen LogP contribution in [0.25, 0.3) is 10.1 Å². The van der Waals surface area contributed by atoms with Crippen molar-refractivity contribution < 1.29 is 8.42 Å². The molecule has 0 fully saturated rings. The number of sulfonamides is 1. The Morgan fingerprint density at radius 2 is 2.19 bits per heavy atom. The zero-order valence-electron chi connectivity index (χ0n) is 8.17. The summed E-state index contributed by atoms with van der Waals surface area (Å²) >= 11 is 1.41. The van der Waals surface area contributed by atoms with E-state index >= 15 is 0 Å². The molecule has 82 valence electrons. The van der Waals surface area contributed by atoms with E-state index in [9.17, 15) is 8.42 Å². The van der Waals surface area contributed by atoms with E-state index in [2.05, 4.69) is 6.07 Å². The molecule has 0 amide bonds. The lowest BCUT2D eigenvalue weighted by molar-refractivity contribution is 0.597. The Hall–Kier alpha value is -1.42. The number of benzene rings is 1. The standard InChI is InChI=1S/C10H8N2O2S2/c11-4-7-2-1-3-9-10(7)8(5-15-9)6-16(12,13)14/h1-3,5H,6H2,(H2,12,13,14). The van der Waals surface area contributed by atoms with Crippen LogP contribution in [-0.2, 0) is 15.8 Å². The third-order valence-electron chi connectivity index (χ3n) is 2.15. The van der Waals surface area contributed by atoms with Gasteiger partial charge in [-0.1, -0.05) is 6.07 Å². The highest BCUT2D eigenvalue weighted by molar-refractivity contribution is 7.88. The molecule has 4 nitrogen and oxygen atoms in total. The number of hydrogen-bond donors (Lipinski definition) is 1. The smallest absolute Gasteiger partial charge is 0.213 e. The fraction of sp³-hybridized carbons (Fsp3) is 0.100. The van der Waals surface area contributed by atoms with Crippen molar-refractivity contribution in [1.29, 1.82) is 5.26 Å². The van der Waals surface area contributed by atoms with E-state index < -0.39 is 10.0 Å². The molecule has 1 aromatic carbocycles. The van der Waals surface area contributed by atoms with Gasteiger partial charge in [-0.25, -0.2) is 13.6 Å². The van der Waals surface area contributed by atoms with Gasteiger partial charge < -0.3 is 0 Å². The van der Waals surface area contributed by atoms with Crippen LogP contribution in [0.3, 0.4) is 0 Å². The average Bonchev–Trinajstić information content (AvgIpc) is 2.59. The third-order valence-corrected chi connectivity index (χ3v) is 3.86. The molecule has 0 aliphatic carbocycles. The van der Waals surface area contributed by atoms with Crippen molar-refractivity contribution in [3.8, 4) is 6.07 Å². The highest BCUT2D eigenvalue weighted by Gasteiger charge is 2.13. The minimum absolute atomic E-state index is 0.230. The quantitative estimate of drug-likeness (QED) is 0.880. The van der Waals surface area contributed by atoms with Crippen LogP contribution in [0.4, 0.5) is 0 Å². The van der Waals surface area contributed by atoms with Crippen LogP contribution in [0.1, 0.15) is 11.1 Å². The van der Waals surface area contributed by atoms with Crippen LogP contribution in [0.5, 0.6) is 0 Å². The third kappa shape index (κ3) is 2.07. The molecule has 16 heavy (non-hydrogen) atoms. The van der Waals surface area contributed by atoms with E-state index in [1.807, 2.05) is 6.07 Å². The summed E-state index contributed by atoms with van der Waals surface area (Å²) in [7, 11) is -3.57. The molecule has 0 atom stereocenters. The molecule has 0 unspecified atom stereocenters. The molecule has 0 spiro atoms. The minimum atomic E-state index is -3.57. The summed E-state index contributed by atoms with van der Waals surface area (Å²) < 4.78 is 23.0. The first kappa shape index (κ1) is 11.1. The van der Waals surface area contributed by atoms with Crippen molar-refractivity contribution in [2.75, 3.05) is 0 Å². The summed E-state index contributed by atoms with van der Waals surface area (Å²) in [4.78, 5) is 0. The van der Waals surface area contributed by atoms with Gasteiger partial charge in [0.25, 0.3) is 0 Å². The molecule has 0 bridgehead atoms. The molecular weight excluding hydrogens is 244 g/mol. The summed E-state index contributed by atoms with van der Waals surface area (Å²) in [5, 5.41) is 16.4. The van der Waals surface area contributed by atoms with Gasteiger partial charge in [-0.2, -0.15) is 5.26 Å². The van der Waals surface area contributed by atoms with Gasteiger partial charge >= 0.3 is 0 Å². The average molecular weight is 252 g/mol. The number of hydrogen-bond acceptors (Lipinski definition) is 4. The van der Waals surface area contributed by atoms with Crippen molar-refractivity contribution in [3.63, 3.8) is 0 Å². The Kier molecular flexibility index (Phi) is 2.68. The van der Waals surface area contributed by atoms with E-state index in [1.165, 1.54) is 11.3 Å². The van der Waals surface area contributed by atoms with E-state index in [4.69, 9.17) is 10.4 Å². The van der Waals surface area contributed by atoms with Gasteiger partial charge in [0.05, 0.1) is 17.4 Å². The zero-order valence-corrected chi connectivity index (χ0v) is 9.81. The molecule has 2 aromatic rings. The molecule has 2 rings (SSSR count). The van der Waals surface area contributed by atoms with E-state index in [0.29, 0.717) is 16.5 Å². The summed E-state index contributed by atoms with van der Waals surface area (Å²) in [5.74, 6) is -0.230. The Morgan fingerprint density at radius 1 is 1.44 bits per heavy atom. The first-order valence-electron chi connectivity index (χ1n) is 4.41. The zero-order chi connectivity index (χ0) is 11.8. The summed E-state index contributed by atoms with van der Waals surface area (Å²) in [6.45, 7) is 0. The Morgan fingerprint density at radius 3 is 2.81 bits per heavy atom. The van der Waals surface area contributed by atoms with Gasteiger partial charge in [-0.3, -0.25) is 0 Å². The number of nitrogens with two attached hydrogens (primary N) is 1. The monoisotopic (exact) mass is 252 g/mol. The van der Waals surface area contributed by atoms with Crippen molar-refractivity contribution in [2.45, 2.75) is 5.75 Å². The van der Waals surface area contributed by atoms with Crippen molar-refractivity contribution in [3.05, 3.63) is 34.7 Å². The van der Waals surface area contributed by atoms with Gasteiger partial charge in [-0.15, -0.1) is 11.3 Å². The Bertz CT molecular complexity index is 680. The molecule has 2 N–H and O–H groups in total. The van der Waals surface area contributed by atoms with Crippen LogP contribution < -0.4 is 5.14 Å². The van der Waals surface area contributed by atoms with Gasteiger partial charge in [0.1, 0.15) is 0 Å². The normalized spacial score (nSPS) is 11.5. The molecule has 0 saturated carbocycles. The summed E-state index contributed by atoms with van der Waals surface area (Å²) in [6, 6.07) is 7.35. The fourth-order valence-corrected chi connectivity index (χ4v) is 3.32. The van der Waals surface area contributed by atoms with E-state index in [0.717, 1.165) is 4.70 Å². The molecular formula is C10H8N2O2S2. The van der Waals surface area contributed by atoms with E-state index in [1.54, 1.807) is 17.5 Å². The van der Waals surface area contributed by atoms with Crippen LogP contribution in [0.15, 0.2) is 23.6 Å². The Balaban J connectivity index is 2.69. The molecule has 1 heterocycles. The number of nitriles is 1. The molecule has 0 saturated heterocycles. The first-order valence-corrected chi connectivity index (χ1v) is 7.00. The summed E-state index contributed by atoms with van der Waals surface area (Å²) in [5.41, 5.74) is 1.08. The predicted octanol–water partition coefficient (Wildman–Crippen LogP) is 1.56. The van der Waals surface area contributed by atoms with Gasteiger partial charge in [-0.05, 0) is 23.1 Å². The lowest BCUT2D eigenvalue weighted by Gasteiger charge is -1.99. The highest BCUT2D eigenvalue weighted by Crippen LogP contribution is 2.29. The first-order chi connectivity index (χ1) is 7.51. The molecule has 0 aliphatic rings. The maximum atomic E-state index is 11.0. The van der Waals surface area contributed by atoms with Gasteiger partial charge in [0.15, 0.2) is 0 Å². The number of nitrogens with zero attached hydrogens (tertiary/aromatic N) is 1. The van der Waals surface area contributed by atoms with Crippen molar-refractivity contribution in [1.82, 2.24) is 0 Å². The minimum Gasteiger partial charge on any atom is -0.228 e. The van der Waals surface area contributed by atoms with Crippen molar-refractivity contribution >= 4 is 31.4 Å². The number of thiophene rings is 1. The van der Waals surface area contributed by atoms with Crippen molar-refractivity contribution in [2.24, 2.45) is 5.14 Å². The van der Waals surface area contributed by atoms with Crippen LogP contribution in [0.2, 0.25) is 0 Å². The van der Waals surface area contributed by atoms with Gasteiger partial charge in [0, 0.05) is 10.1 Å².